The van der Waals surface area contributed by atoms with Crippen molar-refractivity contribution in [3.8, 4) is 5.75 Å². The first-order valence-electron chi connectivity index (χ1n) is 11.6. The number of carbonyl (C=O) groups is 1. The van der Waals surface area contributed by atoms with E-state index in [0.29, 0.717) is 5.92 Å². The number of benzene rings is 2. The SMILES string of the molecule is CCN(CC)C(=O)c1cccc(/C=C2\C=C(c3cccc(OC)c3)[C@@H](CN(C)C)CC2)c1. The molecule has 0 saturated heterocycles. The second-order valence-electron chi connectivity index (χ2n) is 8.65. The van der Waals surface area contributed by atoms with Crippen molar-refractivity contribution in [1.82, 2.24) is 9.80 Å². The molecule has 4 nitrogen and oxygen atoms in total. The van der Waals surface area contributed by atoms with Gasteiger partial charge in [-0.15, -0.1) is 0 Å². The van der Waals surface area contributed by atoms with Crippen LogP contribution < -0.4 is 4.74 Å². The van der Waals surface area contributed by atoms with Gasteiger partial charge in [0, 0.05) is 25.2 Å². The molecule has 1 atom stereocenters. The number of nitrogens with zero attached hydrogens (tertiary/aromatic N) is 2. The van der Waals surface area contributed by atoms with Crippen molar-refractivity contribution in [2.45, 2.75) is 26.7 Å². The number of hydrogen-bond donors (Lipinski definition) is 0. The van der Waals surface area contributed by atoms with Crippen LogP contribution in [-0.2, 0) is 0 Å². The fraction of sp³-hybridized carbons (Fsp3) is 0.393. The van der Waals surface area contributed by atoms with Gasteiger partial charge in [0.05, 0.1) is 7.11 Å². The Balaban J connectivity index is 1.95. The summed E-state index contributed by atoms with van der Waals surface area (Å²) < 4.78 is 5.47. The molecule has 0 radical (unpaired) electrons. The van der Waals surface area contributed by atoms with E-state index >= 15 is 0 Å². The predicted octanol–water partition coefficient (Wildman–Crippen LogP) is 5.62. The standard InChI is InChI=1S/C28H36N2O2/c1-6-30(7-2)28(31)24-12-8-10-21(17-24)16-22-14-15-25(20-29(3)4)27(18-22)23-11-9-13-26(19-23)32-5/h8-13,16-19,25H,6-7,14-15,20H2,1-5H3/b22-16-/t25-/m1/s1. The van der Waals surface area contributed by atoms with Crippen LogP contribution in [0.1, 0.15) is 48.2 Å². The van der Waals surface area contributed by atoms with Gasteiger partial charge in [-0.2, -0.15) is 0 Å². The highest BCUT2D eigenvalue weighted by atomic mass is 16.5. The zero-order valence-corrected chi connectivity index (χ0v) is 20.1. The molecular formula is C28H36N2O2. The maximum Gasteiger partial charge on any atom is 0.253 e. The Kier molecular flexibility index (Phi) is 8.29. The second-order valence-corrected chi connectivity index (χ2v) is 8.65. The molecule has 2 aromatic carbocycles. The van der Waals surface area contributed by atoms with E-state index in [4.69, 9.17) is 4.74 Å². The van der Waals surface area contributed by atoms with Gasteiger partial charge in [-0.05, 0) is 93.2 Å². The minimum atomic E-state index is 0.0950. The van der Waals surface area contributed by atoms with E-state index in [2.05, 4.69) is 55.4 Å². The Hall–Kier alpha value is -2.85. The van der Waals surface area contributed by atoms with Crippen molar-refractivity contribution >= 4 is 17.6 Å². The van der Waals surface area contributed by atoms with Crippen LogP contribution in [0.4, 0.5) is 0 Å². The number of carbonyl (C=O) groups excluding carboxylic acids is 1. The van der Waals surface area contributed by atoms with Gasteiger partial charge in [-0.25, -0.2) is 0 Å². The lowest BCUT2D eigenvalue weighted by Gasteiger charge is -2.29. The van der Waals surface area contributed by atoms with Gasteiger partial charge in [-0.1, -0.05) is 36.4 Å². The van der Waals surface area contributed by atoms with Crippen LogP contribution in [0.25, 0.3) is 11.6 Å². The van der Waals surface area contributed by atoms with Crippen LogP contribution in [0.3, 0.4) is 0 Å². The first-order chi connectivity index (χ1) is 15.4. The number of rotatable bonds is 8. The fourth-order valence-electron chi connectivity index (χ4n) is 4.42. The van der Waals surface area contributed by atoms with E-state index in [1.54, 1.807) is 7.11 Å². The van der Waals surface area contributed by atoms with Crippen LogP contribution in [0, 0.1) is 5.92 Å². The first-order valence-corrected chi connectivity index (χ1v) is 11.6. The molecular weight excluding hydrogens is 396 g/mol. The van der Waals surface area contributed by atoms with E-state index in [1.165, 1.54) is 16.7 Å². The Bertz CT molecular complexity index is 986. The Morgan fingerprint density at radius 3 is 2.53 bits per heavy atom. The number of ether oxygens (including phenoxy) is 1. The summed E-state index contributed by atoms with van der Waals surface area (Å²) in [5.41, 5.74) is 5.69. The Morgan fingerprint density at radius 2 is 1.84 bits per heavy atom. The Morgan fingerprint density at radius 1 is 1.09 bits per heavy atom. The molecule has 0 heterocycles. The zero-order chi connectivity index (χ0) is 23.1. The van der Waals surface area contributed by atoms with Gasteiger partial charge in [-0.3, -0.25) is 4.79 Å². The number of hydrogen-bond acceptors (Lipinski definition) is 3. The molecule has 0 N–H and O–H groups in total. The van der Waals surface area contributed by atoms with Crippen LogP contribution >= 0.6 is 0 Å². The van der Waals surface area contributed by atoms with E-state index < -0.39 is 0 Å². The van der Waals surface area contributed by atoms with Gasteiger partial charge in [0.1, 0.15) is 5.75 Å². The third kappa shape index (κ3) is 5.89. The lowest BCUT2D eigenvalue weighted by Crippen LogP contribution is -2.30. The molecule has 4 heteroatoms. The average molecular weight is 433 g/mol. The lowest BCUT2D eigenvalue weighted by atomic mass is 9.81. The van der Waals surface area contributed by atoms with Crippen molar-refractivity contribution in [1.29, 1.82) is 0 Å². The molecule has 2 aromatic rings. The van der Waals surface area contributed by atoms with E-state index in [1.807, 2.05) is 43.0 Å². The van der Waals surface area contributed by atoms with Crippen molar-refractivity contribution in [2.75, 3.05) is 40.8 Å². The molecule has 0 bridgehead atoms. The molecule has 1 aliphatic rings. The minimum absolute atomic E-state index is 0.0950. The second kappa shape index (κ2) is 11.1. The van der Waals surface area contributed by atoms with E-state index in [0.717, 1.165) is 49.4 Å². The highest BCUT2D eigenvalue weighted by Crippen LogP contribution is 2.37. The molecule has 0 saturated carbocycles. The predicted molar refractivity (Wildman–Crippen MR) is 134 cm³/mol. The molecule has 0 fully saturated rings. The fourth-order valence-corrected chi connectivity index (χ4v) is 4.42. The molecule has 170 valence electrons. The van der Waals surface area contributed by atoms with Crippen LogP contribution in [0.2, 0.25) is 0 Å². The molecule has 1 amide bonds. The van der Waals surface area contributed by atoms with Gasteiger partial charge < -0.3 is 14.5 Å². The van der Waals surface area contributed by atoms with Crippen LogP contribution in [-0.4, -0.2) is 56.5 Å². The van der Waals surface area contributed by atoms with Crippen molar-refractivity contribution in [3.05, 3.63) is 76.9 Å². The highest BCUT2D eigenvalue weighted by molar-refractivity contribution is 5.94. The molecule has 0 aromatic heterocycles. The van der Waals surface area contributed by atoms with Gasteiger partial charge in [0.25, 0.3) is 5.91 Å². The van der Waals surface area contributed by atoms with E-state index in [-0.39, 0.29) is 5.91 Å². The zero-order valence-electron chi connectivity index (χ0n) is 20.1. The smallest absolute Gasteiger partial charge is 0.253 e. The van der Waals surface area contributed by atoms with Gasteiger partial charge >= 0.3 is 0 Å². The molecule has 0 unspecified atom stereocenters. The van der Waals surface area contributed by atoms with Crippen molar-refractivity contribution < 1.29 is 9.53 Å². The summed E-state index contributed by atoms with van der Waals surface area (Å²) in [7, 11) is 5.98. The third-order valence-corrected chi connectivity index (χ3v) is 6.09. The van der Waals surface area contributed by atoms with E-state index in [9.17, 15) is 4.79 Å². The molecule has 0 spiro atoms. The normalized spacial score (nSPS) is 17.4. The minimum Gasteiger partial charge on any atom is -0.497 e. The molecule has 1 aliphatic carbocycles. The summed E-state index contributed by atoms with van der Waals surface area (Å²) in [6.07, 6.45) is 6.70. The summed E-state index contributed by atoms with van der Waals surface area (Å²) >= 11 is 0. The average Bonchev–Trinajstić information content (AvgIpc) is 2.80. The highest BCUT2D eigenvalue weighted by Gasteiger charge is 2.22. The monoisotopic (exact) mass is 432 g/mol. The quantitative estimate of drug-likeness (QED) is 0.543. The summed E-state index contributed by atoms with van der Waals surface area (Å²) in [5.74, 6) is 1.45. The van der Waals surface area contributed by atoms with Crippen LogP contribution in [0.15, 0.2) is 60.2 Å². The summed E-state index contributed by atoms with van der Waals surface area (Å²) in [6.45, 7) is 6.50. The topological polar surface area (TPSA) is 32.8 Å². The summed E-state index contributed by atoms with van der Waals surface area (Å²) in [4.78, 5) is 16.9. The van der Waals surface area contributed by atoms with Crippen LogP contribution in [0.5, 0.6) is 5.75 Å². The summed E-state index contributed by atoms with van der Waals surface area (Å²) in [6, 6.07) is 16.3. The largest absolute Gasteiger partial charge is 0.497 e. The summed E-state index contributed by atoms with van der Waals surface area (Å²) in [5, 5.41) is 0. The third-order valence-electron chi connectivity index (χ3n) is 6.09. The number of amides is 1. The lowest BCUT2D eigenvalue weighted by molar-refractivity contribution is 0.0773. The molecule has 0 aliphatic heterocycles. The maximum absolute atomic E-state index is 12.8. The maximum atomic E-state index is 12.8. The van der Waals surface area contributed by atoms with Crippen molar-refractivity contribution in [3.63, 3.8) is 0 Å². The number of allylic oxidation sites excluding steroid dienone is 2. The van der Waals surface area contributed by atoms with Gasteiger partial charge in [0.2, 0.25) is 0 Å². The first kappa shape index (κ1) is 23.8. The Labute approximate surface area is 193 Å². The van der Waals surface area contributed by atoms with Crippen molar-refractivity contribution in [2.24, 2.45) is 5.92 Å². The number of methoxy groups -OCH3 is 1. The molecule has 32 heavy (non-hydrogen) atoms. The van der Waals surface area contributed by atoms with Gasteiger partial charge in [0.15, 0.2) is 0 Å². The molecule has 3 rings (SSSR count).